The molecule has 2 aromatic heterocycles. The second-order valence-electron chi connectivity index (χ2n) is 7.26. The molecule has 0 spiro atoms. The molecular weight excluding hydrogens is 404 g/mol. The quantitative estimate of drug-likeness (QED) is 0.568. The first kappa shape index (κ1) is 18.2. The van der Waals surface area contributed by atoms with E-state index in [4.69, 9.17) is 10.7 Å². The number of nitrogen functional groups attached to an aromatic ring is 1. The molecule has 3 aromatic rings. The monoisotopic (exact) mass is 428 g/mol. The third-order valence-electron chi connectivity index (χ3n) is 5.28. The number of nitrogens with one attached hydrogen (secondary N) is 1. The number of hydrogen-bond acceptors (Lipinski definition) is 5. The standard InChI is InChI=1S/C20H25BrN6/c21-19-24-16-17(22)25-20(23-12-11-14-7-3-1-4-8-14)26-18(16)27(19)13-15-9-5-2-6-10-15/h1,3-4,7-8,15H,2,5-6,9-13H2,(H3,22,23,25,26). The van der Waals surface area contributed by atoms with Gasteiger partial charge in [-0.2, -0.15) is 9.97 Å². The van der Waals surface area contributed by atoms with E-state index in [-0.39, 0.29) is 0 Å². The molecule has 1 aliphatic carbocycles. The zero-order valence-electron chi connectivity index (χ0n) is 15.4. The molecule has 0 radical (unpaired) electrons. The Balaban J connectivity index is 1.52. The maximum atomic E-state index is 6.17. The molecule has 6 nitrogen and oxygen atoms in total. The van der Waals surface area contributed by atoms with Gasteiger partial charge in [0.05, 0.1) is 0 Å². The van der Waals surface area contributed by atoms with Crippen LogP contribution in [0.25, 0.3) is 11.2 Å². The Bertz CT molecular complexity index is 902. The van der Waals surface area contributed by atoms with Crippen molar-refractivity contribution in [2.75, 3.05) is 17.6 Å². The van der Waals surface area contributed by atoms with Crippen LogP contribution >= 0.6 is 15.9 Å². The Morgan fingerprint density at radius 2 is 1.85 bits per heavy atom. The van der Waals surface area contributed by atoms with Gasteiger partial charge < -0.3 is 15.6 Å². The van der Waals surface area contributed by atoms with Gasteiger partial charge in [-0.3, -0.25) is 0 Å². The summed E-state index contributed by atoms with van der Waals surface area (Å²) >= 11 is 3.59. The van der Waals surface area contributed by atoms with Gasteiger partial charge in [0, 0.05) is 13.1 Å². The van der Waals surface area contributed by atoms with Crippen LogP contribution in [0.2, 0.25) is 0 Å². The van der Waals surface area contributed by atoms with Crippen molar-refractivity contribution in [3.8, 4) is 0 Å². The van der Waals surface area contributed by atoms with E-state index in [1.807, 2.05) is 6.07 Å². The van der Waals surface area contributed by atoms with E-state index >= 15 is 0 Å². The summed E-state index contributed by atoms with van der Waals surface area (Å²) < 4.78 is 2.93. The van der Waals surface area contributed by atoms with E-state index < -0.39 is 0 Å². The SMILES string of the molecule is Nc1nc(NCCc2ccccc2)nc2c1nc(Br)n2CC1CCCCC1. The van der Waals surface area contributed by atoms with Gasteiger partial charge in [-0.1, -0.05) is 49.6 Å². The molecule has 0 atom stereocenters. The lowest BCUT2D eigenvalue weighted by molar-refractivity contribution is 0.320. The molecular formula is C20H25BrN6. The van der Waals surface area contributed by atoms with Gasteiger partial charge in [0.25, 0.3) is 0 Å². The number of rotatable bonds is 6. The molecule has 4 rings (SSSR count). The van der Waals surface area contributed by atoms with Crippen LogP contribution in [0.1, 0.15) is 37.7 Å². The first-order valence-electron chi connectivity index (χ1n) is 9.68. The number of benzene rings is 1. The lowest BCUT2D eigenvalue weighted by Gasteiger charge is -2.22. The van der Waals surface area contributed by atoms with Crippen molar-refractivity contribution >= 4 is 38.9 Å². The number of nitrogens with zero attached hydrogens (tertiary/aromatic N) is 4. The van der Waals surface area contributed by atoms with E-state index in [9.17, 15) is 0 Å². The maximum Gasteiger partial charge on any atom is 0.226 e. The molecule has 142 valence electrons. The fourth-order valence-electron chi connectivity index (χ4n) is 3.83. The van der Waals surface area contributed by atoms with E-state index in [0.29, 0.717) is 23.2 Å². The maximum absolute atomic E-state index is 6.17. The van der Waals surface area contributed by atoms with Crippen LogP contribution in [0, 0.1) is 5.92 Å². The average molecular weight is 429 g/mol. The zero-order valence-corrected chi connectivity index (χ0v) is 17.0. The number of halogens is 1. The van der Waals surface area contributed by atoms with Crippen molar-refractivity contribution in [3.63, 3.8) is 0 Å². The second-order valence-corrected chi connectivity index (χ2v) is 7.97. The fourth-order valence-corrected chi connectivity index (χ4v) is 4.32. The number of imidazole rings is 1. The van der Waals surface area contributed by atoms with Crippen molar-refractivity contribution < 1.29 is 0 Å². The molecule has 0 saturated heterocycles. The van der Waals surface area contributed by atoms with E-state index in [1.54, 1.807) is 0 Å². The third kappa shape index (κ3) is 4.24. The molecule has 1 saturated carbocycles. The highest BCUT2D eigenvalue weighted by Crippen LogP contribution is 2.29. The van der Waals surface area contributed by atoms with Gasteiger partial charge in [0.15, 0.2) is 21.7 Å². The summed E-state index contributed by atoms with van der Waals surface area (Å²) in [4.78, 5) is 13.7. The van der Waals surface area contributed by atoms with Crippen LogP contribution in [0.3, 0.4) is 0 Å². The molecule has 3 N–H and O–H groups in total. The predicted octanol–water partition coefficient (Wildman–Crippen LogP) is 4.41. The fraction of sp³-hybridized carbons (Fsp3) is 0.450. The molecule has 0 aliphatic heterocycles. The van der Waals surface area contributed by atoms with Crippen LogP contribution in [0.15, 0.2) is 35.1 Å². The predicted molar refractivity (Wildman–Crippen MR) is 113 cm³/mol. The van der Waals surface area contributed by atoms with Crippen LogP contribution < -0.4 is 11.1 Å². The molecule has 1 fully saturated rings. The summed E-state index contributed by atoms with van der Waals surface area (Å²) in [6.45, 7) is 1.68. The van der Waals surface area contributed by atoms with Crippen LogP contribution in [-0.4, -0.2) is 26.1 Å². The van der Waals surface area contributed by atoms with Gasteiger partial charge in [-0.05, 0) is 46.7 Å². The van der Waals surface area contributed by atoms with Gasteiger partial charge in [0.1, 0.15) is 0 Å². The summed E-state index contributed by atoms with van der Waals surface area (Å²) in [5.74, 6) is 1.66. The minimum Gasteiger partial charge on any atom is -0.382 e. The highest BCUT2D eigenvalue weighted by atomic mass is 79.9. The van der Waals surface area contributed by atoms with E-state index in [0.717, 1.165) is 29.9 Å². The van der Waals surface area contributed by atoms with Crippen molar-refractivity contribution in [1.82, 2.24) is 19.5 Å². The molecule has 1 aliphatic rings. The van der Waals surface area contributed by atoms with Crippen molar-refractivity contribution in [3.05, 3.63) is 40.6 Å². The summed E-state index contributed by atoms with van der Waals surface area (Å²) in [5.41, 5.74) is 8.93. The first-order chi connectivity index (χ1) is 13.2. The molecule has 0 amide bonds. The summed E-state index contributed by atoms with van der Waals surface area (Å²) in [7, 11) is 0. The number of hydrogen-bond donors (Lipinski definition) is 2. The number of aromatic nitrogens is 4. The summed E-state index contributed by atoms with van der Waals surface area (Å²) in [6, 6.07) is 10.4. The van der Waals surface area contributed by atoms with Gasteiger partial charge in [0.2, 0.25) is 5.95 Å². The number of fused-ring (bicyclic) bond motifs is 1. The van der Waals surface area contributed by atoms with Crippen molar-refractivity contribution in [2.24, 2.45) is 5.92 Å². The Labute approximate surface area is 167 Å². The van der Waals surface area contributed by atoms with Gasteiger partial charge in [-0.25, -0.2) is 4.98 Å². The largest absolute Gasteiger partial charge is 0.382 e. The van der Waals surface area contributed by atoms with Crippen LogP contribution in [0.4, 0.5) is 11.8 Å². The molecule has 1 aromatic carbocycles. The van der Waals surface area contributed by atoms with Crippen molar-refractivity contribution in [1.29, 1.82) is 0 Å². The van der Waals surface area contributed by atoms with Crippen molar-refractivity contribution in [2.45, 2.75) is 45.1 Å². The molecule has 0 unspecified atom stereocenters. The topological polar surface area (TPSA) is 81.7 Å². The Morgan fingerprint density at radius 3 is 2.63 bits per heavy atom. The Kier molecular flexibility index (Phi) is 5.57. The third-order valence-corrected chi connectivity index (χ3v) is 5.89. The highest BCUT2D eigenvalue weighted by molar-refractivity contribution is 9.10. The number of anilines is 2. The molecule has 27 heavy (non-hydrogen) atoms. The van der Waals surface area contributed by atoms with Gasteiger partial charge in [-0.15, -0.1) is 0 Å². The zero-order chi connectivity index (χ0) is 18.6. The lowest BCUT2D eigenvalue weighted by atomic mass is 9.89. The van der Waals surface area contributed by atoms with E-state index in [2.05, 4.69) is 60.0 Å². The minimum absolute atomic E-state index is 0.422. The normalized spacial score (nSPS) is 15.3. The van der Waals surface area contributed by atoms with Crippen LogP contribution in [0.5, 0.6) is 0 Å². The summed E-state index contributed by atoms with van der Waals surface area (Å²) in [6.07, 6.45) is 7.44. The smallest absolute Gasteiger partial charge is 0.226 e. The minimum atomic E-state index is 0.422. The van der Waals surface area contributed by atoms with E-state index in [1.165, 1.54) is 37.7 Å². The Hall–Kier alpha value is -2.15. The van der Waals surface area contributed by atoms with Crippen LogP contribution in [-0.2, 0) is 13.0 Å². The molecule has 0 bridgehead atoms. The first-order valence-corrected chi connectivity index (χ1v) is 10.5. The second kappa shape index (κ2) is 8.25. The Morgan fingerprint density at radius 1 is 1.07 bits per heavy atom. The highest BCUT2D eigenvalue weighted by Gasteiger charge is 2.20. The number of nitrogens with two attached hydrogens (primary N) is 1. The molecule has 7 heteroatoms. The summed E-state index contributed by atoms with van der Waals surface area (Å²) in [5, 5.41) is 3.31. The van der Waals surface area contributed by atoms with Gasteiger partial charge >= 0.3 is 0 Å². The average Bonchev–Trinajstić information content (AvgIpc) is 3.00. The lowest BCUT2D eigenvalue weighted by Crippen LogP contribution is -2.15. The molecule has 2 heterocycles.